The van der Waals surface area contributed by atoms with Crippen molar-refractivity contribution in [2.75, 3.05) is 10.6 Å². The van der Waals surface area contributed by atoms with E-state index in [1.54, 1.807) is 25.7 Å². The number of anilines is 2. The first-order valence-corrected chi connectivity index (χ1v) is 9.10. The van der Waals surface area contributed by atoms with Gasteiger partial charge in [0, 0.05) is 14.1 Å². The first kappa shape index (κ1) is 21.4. The van der Waals surface area contributed by atoms with Crippen molar-refractivity contribution in [1.82, 2.24) is 29.3 Å². The molecular formula is C17H19ClF2N8O2. The summed E-state index contributed by atoms with van der Waals surface area (Å²) in [6, 6.07) is 0. The lowest BCUT2D eigenvalue weighted by Gasteiger charge is -2.09. The molecule has 0 fully saturated rings. The molecule has 0 bridgehead atoms. The van der Waals surface area contributed by atoms with Crippen molar-refractivity contribution in [2.24, 2.45) is 14.1 Å². The molecule has 2 amide bonds. The summed E-state index contributed by atoms with van der Waals surface area (Å²) in [7, 11) is 3.29. The van der Waals surface area contributed by atoms with Crippen LogP contribution in [0.15, 0.2) is 12.4 Å². The number of nitrogens with one attached hydrogen (secondary N) is 2. The van der Waals surface area contributed by atoms with Gasteiger partial charge in [-0.2, -0.15) is 15.3 Å². The summed E-state index contributed by atoms with van der Waals surface area (Å²) >= 11 is 5.85. The molecule has 3 rings (SSSR count). The monoisotopic (exact) mass is 440 g/mol. The van der Waals surface area contributed by atoms with Gasteiger partial charge in [0.2, 0.25) is 5.91 Å². The van der Waals surface area contributed by atoms with Gasteiger partial charge in [-0.25, -0.2) is 8.78 Å². The fraction of sp³-hybridized carbons (Fsp3) is 0.353. The number of halogens is 3. The Labute approximate surface area is 174 Å². The molecule has 0 spiro atoms. The third kappa shape index (κ3) is 4.03. The van der Waals surface area contributed by atoms with Crippen LogP contribution in [0.25, 0.3) is 0 Å². The second-order valence-electron chi connectivity index (χ2n) is 6.54. The summed E-state index contributed by atoms with van der Waals surface area (Å²) in [6.45, 7) is 2.91. The van der Waals surface area contributed by atoms with Crippen LogP contribution in [0.5, 0.6) is 0 Å². The summed E-state index contributed by atoms with van der Waals surface area (Å²) in [5.74, 6) is -1.09. The molecular weight excluding hydrogens is 422 g/mol. The van der Waals surface area contributed by atoms with Crippen molar-refractivity contribution in [3.8, 4) is 0 Å². The molecule has 0 aliphatic carbocycles. The van der Waals surface area contributed by atoms with Crippen LogP contribution in [0, 0.1) is 13.8 Å². The van der Waals surface area contributed by atoms with Crippen LogP contribution in [0.4, 0.5) is 20.2 Å². The number of rotatable bonds is 6. The summed E-state index contributed by atoms with van der Waals surface area (Å²) in [4.78, 5) is 25.2. The molecule has 0 unspecified atom stereocenters. The zero-order chi connectivity index (χ0) is 22.2. The summed E-state index contributed by atoms with van der Waals surface area (Å²) in [6.07, 6.45) is -0.0339. The van der Waals surface area contributed by atoms with E-state index in [9.17, 15) is 18.4 Å². The number of carbonyl (C=O) groups is 2. The van der Waals surface area contributed by atoms with Crippen molar-refractivity contribution in [1.29, 1.82) is 0 Å². The number of aromatic nitrogens is 6. The minimum absolute atomic E-state index is 0.107. The fourth-order valence-electron chi connectivity index (χ4n) is 2.77. The summed E-state index contributed by atoms with van der Waals surface area (Å²) < 4.78 is 29.9. The zero-order valence-electron chi connectivity index (χ0n) is 16.6. The van der Waals surface area contributed by atoms with Crippen LogP contribution < -0.4 is 10.6 Å². The molecule has 0 aliphatic rings. The first-order chi connectivity index (χ1) is 14.1. The van der Waals surface area contributed by atoms with Gasteiger partial charge in [-0.3, -0.25) is 23.6 Å². The highest BCUT2D eigenvalue weighted by molar-refractivity contribution is 6.31. The standard InChI is InChI=1S/C17H19ClF2N8O2/c1-8-10(5-21-26(8)3)24-17(30)15-11(6-22-27(15)4)23-12(29)7-28-9(2)13(18)14(25-28)16(19)20/h5-6,16H,7H2,1-4H3,(H,23,29)(H,24,30). The fourth-order valence-corrected chi connectivity index (χ4v) is 2.99. The molecule has 0 radical (unpaired) electrons. The van der Waals surface area contributed by atoms with Gasteiger partial charge in [0.1, 0.15) is 17.9 Å². The average Bonchev–Trinajstić information content (AvgIpc) is 3.28. The Morgan fingerprint density at radius 1 is 1.07 bits per heavy atom. The summed E-state index contributed by atoms with van der Waals surface area (Å²) in [5, 5.41) is 16.8. The third-order valence-electron chi connectivity index (χ3n) is 4.57. The number of aryl methyl sites for hydroxylation is 2. The van der Waals surface area contributed by atoms with Crippen molar-refractivity contribution in [3.63, 3.8) is 0 Å². The maximum Gasteiger partial charge on any atom is 0.283 e. The molecule has 0 saturated heterocycles. The molecule has 13 heteroatoms. The Balaban J connectivity index is 1.77. The van der Waals surface area contributed by atoms with Crippen LogP contribution >= 0.6 is 11.6 Å². The van der Waals surface area contributed by atoms with E-state index in [2.05, 4.69) is 25.9 Å². The number of hydrogen-bond acceptors (Lipinski definition) is 5. The molecule has 0 aromatic carbocycles. The highest BCUT2D eigenvalue weighted by Gasteiger charge is 2.23. The molecule has 3 aromatic rings. The van der Waals surface area contributed by atoms with Crippen LogP contribution in [0.2, 0.25) is 5.02 Å². The predicted molar refractivity (Wildman–Crippen MR) is 105 cm³/mol. The van der Waals surface area contributed by atoms with Crippen LogP contribution in [-0.2, 0) is 25.4 Å². The lowest BCUT2D eigenvalue weighted by atomic mass is 10.3. The highest BCUT2D eigenvalue weighted by Crippen LogP contribution is 2.28. The van der Waals surface area contributed by atoms with Gasteiger partial charge in [-0.1, -0.05) is 11.6 Å². The second-order valence-corrected chi connectivity index (χ2v) is 6.92. The second kappa shape index (κ2) is 8.22. The zero-order valence-corrected chi connectivity index (χ0v) is 17.3. The number of nitrogens with zero attached hydrogens (tertiary/aromatic N) is 6. The van der Waals surface area contributed by atoms with Gasteiger partial charge in [-0.15, -0.1) is 0 Å². The van der Waals surface area contributed by atoms with Gasteiger partial charge in [0.25, 0.3) is 12.3 Å². The highest BCUT2D eigenvalue weighted by atomic mass is 35.5. The molecule has 0 atom stereocenters. The van der Waals surface area contributed by atoms with E-state index < -0.39 is 23.9 Å². The molecule has 2 N–H and O–H groups in total. The van der Waals surface area contributed by atoms with E-state index in [0.717, 1.165) is 10.4 Å². The topological polar surface area (TPSA) is 112 Å². The number of alkyl halides is 2. The largest absolute Gasteiger partial charge is 0.321 e. The van der Waals surface area contributed by atoms with E-state index in [-0.39, 0.29) is 28.6 Å². The van der Waals surface area contributed by atoms with Crippen LogP contribution in [0.3, 0.4) is 0 Å². The Hall–Kier alpha value is -3.28. The van der Waals surface area contributed by atoms with Crippen molar-refractivity contribution in [3.05, 3.63) is 40.2 Å². The van der Waals surface area contributed by atoms with Crippen molar-refractivity contribution >= 4 is 34.8 Å². The van der Waals surface area contributed by atoms with Crippen LogP contribution in [-0.4, -0.2) is 41.2 Å². The SMILES string of the molecule is Cc1c(NC(=O)c2c(NC(=O)Cn3nc(C(F)F)c(Cl)c3C)cnn2C)cnn1C. The molecule has 30 heavy (non-hydrogen) atoms. The van der Waals surface area contributed by atoms with E-state index in [0.29, 0.717) is 5.69 Å². The van der Waals surface area contributed by atoms with E-state index in [1.165, 1.54) is 24.0 Å². The number of carbonyl (C=O) groups excluding carboxylic acids is 2. The molecule has 160 valence electrons. The Morgan fingerprint density at radius 2 is 1.70 bits per heavy atom. The van der Waals surface area contributed by atoms with Gasteiger partial charge < -0.3 is 10.6 Å². The van der Waals surface area contributed by atoms with E-state index >= 15 is 0 Å². The van der Waals surface area contributed by atoms with Gasteiger partial charge in [0.05, 0.1) is 40.2 Å². The Morgan fingerprint density at radius 3 is 2.27 bits per heavy atom. The minimum atomic E-state index is -2.86. The van der Waals surface area contributed by atoms with Gasteiger partial charge >= 0.3 is 0 Å². The quantitative estimate of drug-likeness (QED) is 0.611. The maximum absolute atomic E-state index is 12.9. The third-order valence-corrected chi connectivity index (χ3v) is 5.04. The average molecular weight is 441 g/mol. The lowest BCUT2D eigenvalue weighted by molar-refractivity contribution is -0.117. The van der Waals surface area contributed by atoms with Crippen molar-refractivity contribution < 1.29 is 18.4 Å². The normalized spacial score (nSPS) is 11.2. The molecule has 10 nitrogen and oxygen atoms in total. The lowest BCUT2D eigenvalue weighted by Crippen LogP contribution is -2.23. The molecule has 0 aliphatic heterocycles. The molecule has 3 heterocycles. The predicted octanol–water partition coefficient (Wildman–Crippen LogP) is 2.45. The molecule has 3 aromatic heterocycles. The Bertz CT molecular complexity index is 1120. The minimum Gasteiger partial charge on any atom is -0.321 e. The van der Waals surface area contributed by atoms with Gasteiger partial charge in [-0.05, 0) is 13.8 Å². The first-order valence-electron chi connectivity index (χ1n) is 8.72. The maximum atomic E-state index is 12.9. The molecule has 0 saturated carbocycles. The van der Waals surface area contributed by atoms with E-state index in [4.69, 9.17) is 11.6 Å². The van der Waals surface area contributed by atoms with E-state index in [1.807, 2.05) is 0 Å². The summed E-state index contributed by atoms with van der Waals surface area (Å²) in [5.41, 5.74) is 1.18. The van der Waals surface area contributed by atoms with Crippen LogP contribution in [0.1, 0.15) is 34.0 Å². The van der Waals surface area contributed by atoms with Crippen molar-refractivity contribution in [2.45, 2.75) is 26.8 Å². The Kier molecular flexibility index (Phi) is 5.87. The smallest absolute Gasteiger partial charge is 0.283 e. The van der Waals surface area contributed by atoms with Gasteiger partial charge in [0.15, 0.2) is 0 Å². The number of hydrogen-bond donors (Lipinski definition) is 2. The number of amides is 2.